The molecule has 0 saturated heterocycles. The molecule has 0 aromatic heterocycles. The molecular formula is C28H31FN2O3. The molecule has 2 amide bonds. The Morgan fingerprint density at radius 2 is 1.56 bits per heavy atom. The summed E-state index contributed by atoms with van der Waals surface area (Å²) in [5, 5.41) is 3.01. The van der Waals surface area contributed by atoms with Crippen LogP contribution in [0.5, 0.6) is 5.75 Å². The van der Waals surface area contributed by atoms with Crippen LogP contribution in [0.4, 0.5) is 4.39 Å². The third kappa shape index (κ3) is 7.17. The van der Waals surface area contributed by atoms with Gasteiger partial charge in [0.05, 0.1) is 7.11 Å². The fourth-order valence-electron chi connectivity index (χ4n) is 3.78. The van der Waals surface area contributed by atoms with Gasteiger partial charge in [0.1, 0.15) is 17.6 Å². The van der Waals surface area contributed by atoms with E-state index in [0.29, 0.717) is 19.4 Å². The number of hydrogen-bond acceptors (Lipinski definition) is 3. The number of carbonyl (C=O) groups is 2. The molecule has 0 aliphatic rings. The highest BCUT2D eigenvalue weighted by molar-refractivity contribution is 5.88. The number of benzene rings is 3. The van der Waals surface area contributed by atoms with Crippen LogP contribution in [0, 0.1) is 5.82 Å². The maximum Gasteiger partial charge on any atom is 0.243 e. The van der Waals surface area contributed by atoms with Crippen molar-refractivity contribution in [2.75, 3.05) is 13.7 Å². The van der Waals surface area contributed by atoms with E-state index in [9.17, 15) is 14.0 Å². The quantitative estimate of drug-likeness (QED) is 0.455. The molecule has 3 aromatic rings. The van der Waals surface area contributed by atoms with Gasteiger partial charge in [0.25, 0.3) is 0 Å². The number of ether oxygens (including phenoxy) is 1. The first-order valence-corrected chi connectivity index (χ1v) is 11.5. The molecule has 34 heavy (non-hydrogen) atoms. The second-order valence-electron chi connectivity index (χ2n) is 8.10. The second kappa shape index (κ2) is 12.5. The van der Waals surface area contributed by atoms with Crippen molar-refractivity contribution >= 4 is 11.8 Å². The lowest BCUT2D eigenvalue weighted by molar-refractivity contribution is -0.141. The standard InChI is InChI=1S/C28H31FN2O3/c1-3-27(32)31(20-23-9-13-24(29)14-10-23)26(19-22-7-5-4-6-8-22)28(33)30-18-17-21-11-15-25(34-2)16-12-21/h4-16,26H,3,17-20H2,1-2H3,(H,30,33)/t26-/m1/s1. The molecule has 3 rings (SSSR count). The Balaban J connectivity index is 1.77. The molecule has 0 aliphatic heterocycles. The molecule has 0 saturated carbocycles. The van der Waals surface area contributed by atoms with E-state index in [1.54, 1.807) is 31.1 Å². The molecule has 1 N–H and O–H groups in total. The van der Waals surface area contributed by atoms with Crippen LogP contribution in [0.3, 0.4) is 0 Å². The monoisotopic (exact) mass is 462 g/mol. The highest BCUT2D eigenvalue weighted by atomic mass is 19.1. The Labute approximate surface area is 200 Å². The Bertz CT molecular complexity index is 1050. The average Bonchev–Trinajstić information content (AvgIpc) is 2.87. The van der Waals surface area contributed by atoms with Crippen LogP contribution in [-0.2, 0) is 29.0 Å². The first kappa shape index (κ1) is 25.0. The third-order valence-corrected chi connectivity index (χ3v) is 5.71. The first-order valence-electron chi connectivity index (χ1n) is 11.5. The lowest BCUT2D eigenvalue weighted by Gasteiger charge is -2.31. The third-order valence-electron chi connectivity index (χ3n) is 5.71. The molecule has 0 bridgehead atoms. The van der Waals surface area contributed by atoms with Crippen molar-refractivity contribution < 1.29 is 18.7 Å². The summed E-state index contributed by atoms with van der Waals surface area (Å²) in [6.45, 7) is 2.46. The summed E-state index contributed by atoms with van der Waals surface area (Å²) in [5.74, 6) is 0.108. The van der Waals surface area contributed by atoms with Crippen molar-refractivity contribution in [3.63, 3.8) is 0 Å². The van der Waals surface area contributed by atoms with Crippen LogP contribution < -0.4 is 10.1 Å². The zero-order chi connectivity index (χ0) is 24.3. The van der Waals surface area contributed by atoms with Crippen molar-refractivity contribution in [1.82, 2.24) is 10.2 Å². The van der Waals surface area contributed by atoms with Gasteiger partial charge < -0.3 is 15.0 Å². The molecule has 3 aromatic carbocycles. The predicted molar refractivity (Wildman–Crippen MR) is 131 cm³/mol. The van der Waals surface area contributed by atoms with Crippen LogP contribution in [0.15, 0.2) is 78.9 Å². The van der Waals surface area contributed by atoms with E-state index in [2.05, 4.69) is 5.32 Å². The van der Waals surface area contributed by atoms with Gasteiger partial charge in [-0.25, -0.2) is 4.39 Å². The van der Waals surface area contributed by atoms with Gasteiger partial charge in [-0.05, 0) is 47.4 Å². The average molecular weight is 463 g/mol. The number of hydrogen-bond donors (Lipinski definition) is 1. The zero-order valence-corrected chi connectivity index (χ0v) is 19.7. The predicted octanol–water partition coefficient (Wildman–Crippen LogP) is 4.54. The highest BCUT2D eigenvalue weighted by Crippen LogP contribution is 2.16. The second-order valence-corrected chi connectivity index (χ2v) is 8.10. The summed E-state index contributed by atoms with van der Waals surface area (Å²) in [6.07, 6.45) is 1.32. The van der Waals surface area contributed by atoms with Gasteiger partial charge in [-0.15, -0.1) is 0 Å². The van der Waals surface area contributed by atoms with Gasteiger partial charge in [0.15, 0.2) is 0 Å². The summed E-state index contributed by atoms with van der Waals surface area (Å²) in [7, 11) is 1.62. The van der Waals surface area contributed by atoms with E-state index in [-0.39, 0.29) is 30.6 Å². The minimum absolute atomic E-state index is 0.129. The first-order chi connectivity index (χ1) is 16.5. The molecule has 0 spiro atoms. The van der Waals surface area contributed by atoms with Gasteiger partial charge in [-0.2, -0.15) is 0 Å². The number of halogens is 1. The van der Waals surface area contributed by atoms with Crippen LogP contribution in [0.25, 0.3) is 0 Å². The highest BCUT2D eigenvalue weighted by Gasteiger charge is 2.29. The fourth-order valence-corrected chi connectivity index (χ4v) is 3.78. The van der Waals surface area contributed by atoms with Crippen LogP contribution >= 0.6 is 0 Å². The largest absolute Gasteiger partial charge is 0.497 e. The molecule has 0 unspecified atom stereocenters. The Morgan fingerprint density at radius 3 is 2.18 bits per heavy atom. The van der Waals surface area contributed by atoms with E-state index >= 15 is 0 Å². The molecule has 0 radical (unpaired) electrons. The van der Waals surface area contributed by atoms with Crippen LogP contribution in [0.2, 0.25) is 0 Å². The van der Waals surface area contributed by atoms with Crippen LogP contribution in [0.1, 0.15) is 30.0 Å². The number of rotatable bonds is 11. The van der Waals surface area contributed by atoms with E-state index in [0.717, 1.165) is 22.4 Å². The molecule has 6 heteroatoms. The van der Waals surface area contributed by atoms with Crippen molar-refractivity contribution in [3.05, 3.63) is 101 Å². The lowest BCUT2D eigenvalue weighted by Crippen LogP contribution is -2.50. The molecule has 0 heterocycles. The van der Waals surface area contributed by atoms with Gasteiger partial charge in [-0.1, -0.05) is 61.5 Å². The smallest absolute Gasteiger partial charge is 0.243 e. The van der Waals surface area contributed by atoms with Crippen molar-refractivity contribution in [2.45, 2.75) is 38.8 Å². The number of methoxy groups -OCH3 is 1. The molecule has 0 aliphatic carbocycles. The normalized spacial score (nSPS) is 11.5. The molecule has 5 nitrogen and oxygen atoms in total. The van der Waals surface area contributed by atoms with Gasteiger partial charge in [-0.3, -0.25) is 9.59 Å². The minimum atomic E-state index is -0.684. The molecule has 178 valence electrons. The van der Waals surface area contributed by atoms with Crippen molar-refractivity contribution in [1.29, 1.82) is 0 Å². The Morgan fingerprint density at radius 1 is 0.912 bits per heavy atom. The number of nitrogens with one attached hydrogen (secondary N) is 1. The molecule has 0 fully saturated rings. The molecule has 1 atom stereocenters. The maximum absolute atomic E-state index is 13.4. The van der Waals surface area contributed by atoms with Crippen LogP contribution in [-0.4, -0.2) is 36.4 Å². The number of nitrogens with zero attached hydrogens (tertiary/aromatic N) is 1. The summed E-state index contributed by atoms with van der Waals surface area (Å²) in [5.41, 5.74) is 2.81. The van der Waals surface area contributed by atoms with Crippen molar-refractivity contribution in [2.24, 2.45) is 0 Å². The van der Waals surface area contributed by atoms with E-state index in [4.69, 9.17) is 4.74 Å². The van der Waals surface area contributed by atoms with E-state index in [1.165, 1.54) is 12.1 Å². The Kier molecular flexibility index (Phi) is 9.21. The van der Waals surface area contributed by atoms with Gasteiger partial charge in [0, 0.05) is 25.9 Å². The SMILES string of the molecule is CCC(=O)N(Cc1ccc(F)cc1)[C@H](Cc1ccccc1)C(=O)NCCc1ccc(OC)cc1. The zero-order valence-electron chi connectivity index (χ0n) is 19.7. The summed E-state index contributed by atoms with van der Waals surface area (Å²) in [6, 6.07) is 22.7. The maximum atomic E-state index is 13.4. The Hall–Kier alpha value is -3.67. The van der Waals surface area contributed by atoms with Gasteiger partial charge >= 0.3 is 0 Å². The fraction of sp³-hybridized carbons (Fsp3) is 0.286. The van der Waals surface area contributed by atoms with E-state index < -0.39 is 6.04 Å². The van der Waals surface area contributed by atoms with Gasteiger partial charge in [0.2, 0.25) is 11.8 Å². The number of carbonyl (C=O) groups excluding carboxylic acids is 2. The van der Waals surface area contributed by atoms with E-state index in [1.807, 2.05) is 54.6 Å². The number of amides is 2. The minimum Gasteiger partial charge on any atom is -0.497 e. The summed E-state index contributed by atoms with van der Waals surface area (Å²) < 4.78 is 18.6. The summed E-state index contributed by atoms with van der Waals surface area (Å²) in [4.78, 5) is 27.9. The molecular weight excluding hydrogens is 431 g/mol. The lowest BCUT2D eigenvalue weighted by atomic mass is 10.0. The summed E-state index contributed by atoms with van der Waals surface area (Å²) >= 11 is 0. The van der Waals surface area contributed by atoms with Crippen molar-refractivity contribution in [3.8, 4) is 5.75 Å². The topological polar surface area (TPSA) is 58.6 Å².